The lowest BCUT2D eigenvalue weighted by atomic mass is 9.82. The van der Waals surface area contributed by atoms with Crippen molar-refractivity contribution in [3.63, 3.8) is 0 Å². The van der Waals surface area contributed by atoms with Crippen LogP contribution in [0.2, 0.25) is 0 Å². The highest BCUT2D eigenvalue weighted by Gasteiger charge is 2.24. The van der Waals surface area contributed by atoms with Gasteiger partial charge < -0.3 is 5.73 Å². The van der Waals surface area contributed by atoms with Crippen LogP contribution in [0.25, 0.3) is 43.8 Å². The maximum absolute atomic E-state index is 6.78. The van der Waals surface area contributed by atoms with Gasteiger partial charge in [-0.25, -0.2) is 0 Å². The minimum Gasteiger partial charge on any atom is -0.321 e. The highest BCUT2D eigenvalue weighted by Crippen LogP contribution is 2.43. The molecule has 5 aromatic carbocycles. The fourth-order valence-electron chi connectivity index (χ4n) is 5.30. The summed E-state index contributed by atoms with van der Waals surface area (Å²) in [6.07, 6.45) is 3.03. The number of nitrogens with two attached hydrogens (primary N) is 1. The second-order valence-electron chi connectivity index (χ2n) is 9.04. The molecule has 0 fully saturated rings. The summed E-state index contributed by atoms with van der Waals surface area (Å²) in [5, 5.41) is 5.14. The lowest BCUT2D eigenvalue weighted by Crippen LogP contribution is -2.35. The van der Waals surface area contributed by atoms with Crippen molar-refractivity contribution >= 4 is 21.5 Å². The van der Waals surface area contributed by atoms with Crippen LogP contribution in [0.1, 0.15) is 38.7 Å². The zero-order valence-corrected chi connectivity index (χ0v) is 19.5. The third-order valence-corrected chi connectivity index (χ3v) is 7.07. The van der Waals surface area contributed by atoms with Gasteiger partial charge in [-0.05, 0) is 62.2 Å². The standard InChI is InChI=1S/C32H31N/c1-3-22-32(33,4-2)25-20-18-24(19-21-25)31-28-16-10-8-14-26(28)30(23-12-6-5-7-13-23)27-15-9-11-17-29(27)31/h5-21H,3-4,22,33H2,1-2H3. The fraction of sp³-hybridized carbons (Fsp3) is 0.188. The molecule has 1 nitrogen and oxygen atoms in total. The van der Waals surface area contributed by atoms with Crippen molar-refractivity contribution in [3.05, 3.63) is 109 Å². The molecular formula is C32H31N. The number of rotatable bonds is 6. The van der Waals surface area contributed by atoms with Gasteiger partial charge in [0.2, 0.25) is 0 Å². The third kappa shape index (κ3) is 3.73. The van der Waals surface area contributed by atoms with Crippen molar-refractivity contribution in [1.29, 1.82) is 0 Å². The molecule has 1 atom stereocenters. The van der Waals surface area contributed by atoms with Crippen molar-refractivity contribution in [3.8, 4) is 22.3 Å². The van der Waals surface area contributed by atoms with Gasteiger partial charge in [0.05, 0.1) is 0 Å². The molecule has 1 heteroatoms. The number of benzene rings is 5. The summed E-state index contributed by atoms with van der Waals surface area (Å²) in [5.74, 6) is 0. The molecule has 0 bridgehead atoms. The van der Waals surface area contributed by atoms with Crippen LogP contribution in [0, 0.1) is 0 Å². The predicted octanol–water partition coefficient (Wildman–Crippen LogP) is 8.69. The van der Waals surface area contributed by atoms with E-state index >= 15 is 0 Å². The van der Waals surface area contributed by atoms with Crippen molar-refractivity contribution in [2.75, 3.05) is 0 Å². The van der Waals surface area contributed by atoms with Crippen molar-refractivity contribution in [2.24, 2.45) is 5.73 Å². The molecule has 164 valence electrons. The van der Waals surface area contributed by atoms with E-state index in [0.29, 0.717) is 0 Å². The lowest BCUT2D eigenvalue weighted by molar-refractivity contribution is 0.390. The van der Waals surface area contributed by atoms with E-state index in [2.05, 4.69) is 117 Å². The van der Waals surface area contributed by atoms with E-state index < -0.39 is 0 Å². The van der Waals surface area contributed by atoms with E-state index in [9.17, 15) is 0 Å². The van der Waals surface area contributed by atoms with Crippen LogP contribution < -0.4 is 5.73 Å². The Morgan fingerprint density at radius 2 is 0.970 bits per heavy atom. The molecule has 0 saturated heterocycles. The van der Waals surface area contributed by atoms with E-state index in [-0.39, 0.29) is 5.54 Å². The Morgan fingerprint density at radius 1 is 0.545 bits per heavy atom. The molecule has 0 saturated carbocycles. The molecular weight excluding hydrogens is 398 g/mol. The van der Waals surface area contributed by atoms with E-state index in [1.54, 1.807) is 0 Å². The van der Waals surface area contributed by atoms with E-state index in [1.165, 1.54) is 49.4 Å². The topological polar surface area (TPSA) is 26.0 Å². The summed E-state index contributed by atoms with van der Waals surface area (Å²) in [6.45, 7) is 4.39. The average molecular weight is 430 g/mol. The maximum atomic E-state index is 6.78. The summed E-state index contributed by atoms with van der Waals surface area (Å²) >= 11 is 0. The molecule has 0 heterocycles. The third-order valence-electron chi connectivity index (χ3n) is 7.07. The summed E-state index contributed by atoms with van der Waals surface area (Å²) in [7, 11) is 0. The first-order valence-corrected chi connectivity index (χ1v) is 12.0. The van der Waals surface area contributed by atoms with Gasteiger partial charge in [0.1, 0.15) is 0 Å². The molecule has 0 spiro atoms. The normalized spacial score (nSPS) is 13.3. The van der Waals surface area contributed by atoms with Crippen LogP contribution in [0.4, 0.5) is 0 Å². The SMILES string of the molecule is CCCC(N)(CC)c1ccc(-c2c3ccccc3c(-c3ccccc3)c3ccccc23)cc1. The van der Waals surface area contributed by atoms with Crippen LogP contribution >= 0.6 is 0 Å². The Labute approximate surface area is 196 Å². The molecule has 0 radical (unpaired) electrons. The van der Waals surface area contributed by atoms with Crippen molar-refractivity contribution in [1.82, 2.24) is 0 Å². The first-order chi connectivity index (χ1) is 16.2. The number of fused-ring (bicyclic) bond motifs is 2. The Morgan fingerprint density at radius 3 is 1.39 bits per heavy atom. The zero-order chi connectivity index (χ0) is 22.8. The molecule has 0 aromatic heterocycles. The second-order valence-corrected chi connectivity index (χ2v) is 9.04. The van der Waals surface area contributed by atoms with Crippen molar-refractivity contribution in [2.45, 2.75) is 38.6 Å². The molecule has 5 aromatic rings. The molecule has 33 heavy (non-hydrogen) atoms. The highest BCUT2D eigenvalue weighted by molar-refractivity contribution is 6.21. The predicted molar refractivity (Wildman–Crippen MR) is 143 cm³/mol. The smallest absolute Gasteiger partial charge is 0.0406 e. The van der Waals surface area contributed by atoms with Crippen LogP contribution in [-0.2, 0) is 5.54 Å². The number of hydrogen-bond donors (Lipinski definition) is 1. The van der Waals surface area contributed by atoms with Gasteiger partial charge >= 0.3 is 0 Å². The Bertz CT molecular complexity index is 1340. The molecule has 5 rings (SSSR count). The van der Waals surface area contributed by atoms with Gasteiger partial charge in [-0.15, -0.1) is 0 Å². The first kappa shape index (κ1) is 21.4. The summed E-state index contributed by atoms with van der Waals surface area (Å²) in [6, 6.07) is 37.3. The fourth-order valence-corrected chi connectivity index (χ4v) is 5.30. The first-order valence-electron chi connectivity index (χ1n) is 12.0. The van der Waals surface area contributed by atoms with Crippen LogP contribution in [0.3, 0.4) is 0 Å². The van der Waals surface area contributed by atoms with Gasteiger partial charge in [-0.3, -0.25) is 0 Å². The van der Waals surface area contributed by atoms with Crippen molar-refractivity contribution < 1.29 is 0 Å². The van der Waals surface area contributed by atoms with E-state index in [0.717, 1.165) is 19.3 Å². The highest BCUT2D eigenvalue weighted by atomic mass is 14.7. The maximum Gasteiger partial charge on any atom is 0.0406 e. The molecule has 0 aliphatic carbocycles. The van der Waals surface area contributed by atoms with Crippen LogP contribution in [0.5, 0.6) is 0 Å². The molecule has 0 aliphatic rings. The Balaban J connectivity index is 1.78. The second kappa shape index (κ2) is 8.84. The van der Waals surface area contributed by atoms with Crippen LogP contribution in [0.15, 0.2) is 103 Å². The molecule has 0 aliphatic heterocycles. The lowest BCUT2D eigenvalue weighted by Gasteiger charge is -2.28. The van der Waals surface area contributed by atoms with Crippen LogP contribution in [-0.4, -0.2) is 0 Å². The summed E-state index contributed by atoms with van der Waals surface area (Å²) < 4.78 is 0. The molecule has 2 N–H and O–H groups in total. The number of hydrogen-bond acceptors (Lipinski definition) is 1. The van der Waals surface area contributed by atoms with Gasteiger partial charge in [0.25, 0.3) is 0 Å². The average Bonchev–Trinajstić information content (AvgIpc) is 2.88. The van der Waals surface area contributed by atoms with E-state index in [4.69, 9.17) is 5.73 Å². The Kier molecular flexibility index (Phi) is 5.74. The largest absolute Gasteiger partial charge is 0.321 e. The monoisotopic (exact) mass is 429 g/mol. The van der Waals surface area contributed by atoms with Gasteiger partial charge in [-0.2, -0.15) is 0 Å². The van der Waals surface area contributed by atoms with Gasteiger partial charge in [0, 0.05) is 5.54 Å². The minimum absolute atomic E-state index is 0.255. The molecule has 1 unspecified atom stereocenters. The summed E-state index contributed by atoms with van der Waals surface area (Å²) in [4.78, 5) is 0. The van der Waals surface area contributed by atoms with Gasteiger partial charge in [0.15, 0.2) is 0 Å². The zero-order valence-electron chi connectivity index (χ0n) is 19.5. The summed E-state index contributed by atoms with van der Waals surface area (Å²) in [5.41, 5.74) is 12.8. The van der Waals surface area contributed by atoms with E-state index in [1.807, 2.05) is 0 Å². The minimum atomic E-state index is -0.255. The quantitative estimate of drug-likeness (QED) is 0.268. The van der Waals surface area contributed by atoms with Gasteiger partial charge in [-0.1, -0.05) is 123 Å². The Hall–Kier alpha value is -3.42. The molecule has 0 amide bonds.